The lowest BCUT2D eigenvalue weighted by molar-refractivity contribution is 0.425. The largest absolute Gasteiger partial charge is 0.361 e. The average Bonchev–Trinajstić information content (AvgIpc) is 3.16. The number of nitrogens with zero attached hydrogens (tertiary/aromatic N) is 6. The molecule has 1 N–H and O–H groups in total. The minimum atomic E-state index is 0.554. The van der Waals surface area contributed by atoms with Gasteiger partial charge in [-0.15, -0.1) is 26.6 Å². The summed E-state index contributed by atoms with van der Waals surface area (Å²) in [6.07, 6.45) is 2.42. The van der Waals surface area contributed by atoms with E-state index < -0.39 is 0 Å². The van der Waals surface area contributed by atoms with E-state index in [1.165, 1.54) is 12.8 Å². The highest BCUT2D eigenvalue weighted by Crippen LogP contribution is 2.38. The fourth-order valence-corrected chi connectivity index (χ4v) is 3.81. The first kappa shape index (κ1) is 14.2. The van der Waals surface area contributed by atoms with Gasteiger partial charge in [0.25, 0.3) is 0 Å². The highest BCUT2D eigenvalue weighted by Gasteiger charge is 2.31. The summed E-state index contributed by atoms with van der Waals surface area (Å²) in [7, 11) is 0. The Kier molecular flexibility index (Phi) is 3.19. The number of hydrogen-bond donors (Lipinski definition) is 1. The second-order valence-electron chi connectivity index (χ2n) is 6.74. The van der Waals surface area contributed by atoms with Crippen molar-refractivity contribution in [3.05, 3.63) is 29.0 Å². The molecule has 2 aliphatic rings. The highest BCUT2D eigenvalue weighted by atomic mass is 32.1. The Balaban J connectivity index is 1.24. The molecule has 124 valence electrons. The molecule has 0 atom stereocenters. The van der Waals surface area contributed by atoms with E-state index in [9.17, 15) is 0 Å². The molecular formula is C16H19N7S. The van der Waals surface area contributed by atoms with Gasteiger partial charge < -0.3 is 10.2 Å². The fraction of sp³-hybridized carbons (Fsp3) is 0.500. The molecule has 0 amide bonds. The number of nitrogens with one attached hydrogen (secondary N) is 1. The molecule has 0 unspecified atom stereocenters. The van der Waals surface area contributed by atoms with Gasteiger partial charge in [0.15, 0.2) is 16.6 Å². The van der Waals surface area contributed by atoms with Crippen molar-refractivity contribution in [1.29, 1.82) is 0 Å². The number of aromatic nitrogens is 5. The maximum absolute atomic E-state index is 4.76. The van der Waals surface area contributed by atoms with E-state index in [4.69, 9.17) is 5.10 Å². The molecule has 5 rings (SSSR count). The van der Waals surface area contributed by atoms with Gasteiger partial charge >= 0.3 is 0 Å². The van der Waals surface area contributed by atoms with Crippen LogP contribution in [0.2, 0.25) is 0 Å². The Labute approximate surface area is 143 Å². The molecule has 3 aromatic rings. The third kappa shape index (κ3) is 2.50. The normalized spacial score (nSPS) is 18.1. The van der Waals surface area contributed by atoms with Crippen LogP contribution in [0.1, 0.15) is 30.3 Å². The topological polar surface area (TPSA) is 71.2 Å². The van der Waals surface area contributed by atoms with Crippen molar-refractivity contribution in [2.45, 2.75) is 25.7 Å². The van der Waals surface area contributed by atoms with Gasteiger partial charge in [-0.1, -0.05) is 0 Å². The molecule has 1 saturated heterocycles. The highest BCUT2D eigenvalue weighted by molar-refractivity contribution is 7.13. The molecule has 0 bridgehead atoms. The van der Waals surface area contributed by atoms with Crippen molar-refractivity contribution in [3.8, 4) is 0 Å². The van der Waals surface area contributed by atoms with Crippen LogP contribution in [-0.2, 0) is 0 Å². The first-order chi connectivity index (χ1) is 11.8. The average molecular weight is 341 g/mol. The third-order valence-electron chi connectivity index (χ3n) is 4.66. The second-order valence-corrected chi connectivity index (χ2v) is 7.60. The number of aryl methyl sites for hydroxylation is 1. The summed E-state index contributed by atoms with van der Waals surface area (Å²) < 4.78 is 1.93. The molecule has 7 nitrogen and oxygen atoms in total. The molecular weight excluding hydrogens is 322 g/mol. The lowest BCUT2D eigenvalue weighted by Gasteiger charge is -2.40. The summed E-state index contributed by atoms with van der Waals surface area (Å²) in [6.45, 7) is 5.04. The number of hydrogen-bond acceptors (Lipinski definition) is 7. The van der Waals surface area contributed by atoms with Crippen LogP contribution in [0.3, 0.4) is 0 Å². The van der Waals surface area contributed by atoms with Gasteiger partial charge in [-0.05, 0) is 31.9 Å². The van der Waals surface area contributed by atoms with Crippen molar-refractivity contribution >= 4 is 27.9 Å². The zero-order valence-electron chi connectivity index (χ0n) is 13.5. The van der Waals surface area contributed by atoms with Gasteiger partial charge in [-0.3, -0.25) is 0 Å². The van der Waals surface area contributed by atoms with Crippen molar-refractivity contribution in [3.63, 3.8) is 0 Å². The predicted octanol–water partition coefficient (Wildman–Crippen LogP) is 2.31. The summed E-state index contributed by atoms with van der Waals surface area (Å²) in [5, 5.41) is 19.8. The standard InChI is InChI=1S/C16H19N7S/c1-10-9-24-16(18-10)17-6-11-7-22(8-11)14-5-4-13-19-20-15(12-2-3-12)23(13)21-14/h4-5,9,11-12H,2-3,6-8H2,1H3,(H,17,18). The summed E-state index contributed by atoms with van der Waals surface area (Å²) in [5.41, 5.74) is 1.93. The van der Waals surface area contributed by atoms with Crippen molar-refractivity contribution in [2.75, 3.05) is 29.9 Å². The van der Waals surface area contributed by atoms with Crippen LogP contribution in [0.15, 0.2) is 17.5 Å². The molecule has 8 heteroatoms. The zero-order chi connectivity index (χ0) is 16.1. The number of rotatable bonds is 5. The smallest absolute Gasteiger partial charge is 0.182 e. The first-order valence-corrected chi connectivity index (χ1v) is 9.27. The van der Waals surface area contributed by atoms with E-state index in [2.05, 4.69) is 36.8 Å². The van der Waals surface area contributed by atoms with E-state index in [0.717, 1.165) is 47.7 Å². The minimum absolute atomic E-state index is 0.554. The maximum atomic E-state index is 4.76. The molecule has 1 saturated carbocycles. The van der Waals surface area contributed by atoms with Crippen LogP contribution in [-0.4, -0.2) is 44.4 Å². The molecule has 3 aromatic heterocycles. The van der Waals surface area contributed by atoms with Crippen molar-refractivity contribution in [2.24, 2.45) is 5.92 Å². The summed E-state index contributed by atoms with van der Waals surface area (Å²) in [4.78, 5) is 6.76. The minimum Gasteiger partial charge on any atom is -0.361 e. The van der Waals surface area contributed by atoms with E-state index in [0.29, 0.717) is 11.8 Å². The molecule has 24 heavy (non-hydrogen) atoms. The van der Waals surface area contributed by atoms with E-state index in [1.54, 1.807) is 11.3 Å². The van der Waals surface area contributed by atoms with Gasteiger partial charge in [0.1, 0.15) is 5.82 Å². The Morgan fingerprint density at radius 1 is 1.25 bits per heavy atom. The maximum Gasteiger partial charge on any atom is 0.182 e. The molecule has 0 radical (unpaired) electrons. The fourth-order valence-electron chi connectivity index (χ4n) is 3.11. The number of anilines is 2. The molecule has 1 aliphatic heterocycles. The second kappa shape index (κ2) is 5.41. The van der Waals surface area contributed by atoms with Gasteiger partial charge in [0.05, 0.1) is 5.69 Å². The van der Waals surface area contributed by atoms with Crippen molar-refractivity contribution < 1.29 is 0 Å². The zero-order valence-corrected chi connectivity index (χ0v) is 14.3. The Bertz CT molecular complexity index is 876. The van der Waals surface area contributed by atoms with E-state index in [1.807, 2.05) is 17.5 Å². The van der Waals surface area contributed by atoms with Gasteiger partial charge in [0.2, 0.25) is 0 Å². The quantitative estimate of drug-likeness (QED) is 0.768. The lowest BCUT2D eigenvalue weighted by Crippen LogP contribution is -2.50. The monoisotopic (exact) mass is 341 g/mol. The Morgan fingerprint density at radius 3 is 2.88 bits per heavy atom. The molecule has 0 spiro atoms. The van der Waals surface area contributed by atoms with Gasteiger partial charge in [-0.25, -0.2) is 4.98 Å². The van der Waals surface area contributed by atoms with Crippen molar-refractivity contribution in [1.82, 2.24) is 24.8 Å². The van der Waals surface area contributed by atoms with Gasteiger partial charge in [0, 0.05) is 36.9 Å². The Morgan fingerprint density at radius 2 is 2.12 bits per heavy atom. The van der Waals surface area contributed by atoms with Crippen LogP contribution in [0.25, 0.3) is 5.65 Å². The first-order valence-electron chi connectivity index (χ1n) is 8.39. The summed E-state index contributed by atoms with van der Waals surface area (Å²) in [6, 6.07) is 4.07. The number of fused-ring (bicyclic) bond motifs is 1. The molecule has 2 fully saturated rings. The SMILES string of the molecule is Cc1csc(NCC2CN(c3ccc4nnc(C5CC5)n4n3)C2)n1. The molecule has 0 aromatic carbocycles. The predicted molar refractivity (Wildman–Crippen MR) is 93.8 cm³/mol. The Hall–Kier alpha value is -2.22. The van der Waals surface area contributed by atoms with Crippen LogP contribution in [0, 0.1) is 12.8 Å². The van der Waals surface area contributed by atoms with E-state index >= 15 is 0 Å². The lowest BCUT2D eigenvalue weighted by atomic mass is 10.0. The third-order valence-corrected chi connectivity index (χ3v) is 5.58. The van der Waals surface area contributed by atoms with Crippen LogP contribution in [0.4, 0.5) is 10.9 Å². The van der Waals surface area contributed by atoms with Gasteiger partial charge in [-0.2, -0.15) is 4.52 Å². The van der Waals surface area contributed by atoms with Crippen LogP contribution >= 0.6 is 11.3 Å². The summed E-state index contributed by atoms with van der Waals surface area (Å²) in [5.74, 6) is 3.23. The molecule has 4 heterocycles. The van der Waals surface area contributed by atoms with E-state index in [-0.39, 0.29) is 0 Å². The number of thiazole rings is 1. The summed E-state index contributed by atoms with van der Waals surface area (Å²) >= 11 is 1.67. The van der Waals surface area contributed by atoms with Crippen LogP contribution in [0.5, 0.6) is 0 Å². The molecule has 1 aliphatic carbocycles. The van der Waals surface area contributed by atoms with Crippen LogP contribution < -0.4 is 10.2 Å².